The zero-order valence-electron chi connectivity index (χ0n) is 12.1. The normalized spacial score (nSPS) is 16.2. The molecule has 0 amide bonds. The van der Waals surface area contributed by atoms with Crippen LogP contribution in [-0.2, 0) is 24.4 Å². The molecule has 0 saturated heterocycles. The average molecular weight is 260 g/mol. The number of hydrogen-bond donors (Lipinski definition) is 0. The Morgan fingerprint density at radius 3 is 1.83 bits per heavy atom. The van der Waals surface area contributed by atoms with E-state index in [2.05, 4.69) is 4.89 Å². The standard InChI is InChI=1S/C13H24O5/c1-10(7-12(3,4)16-9-14)17-11(2)8-13(5,6)18-15/h10-11H,7-8H2,1-6H3. The molecular formula is C13H24O5. The molecule has 0 heterocycles. The van der Waals surface area contributed by atoms with Gasteiger partial charge in [0.15, 0.2) is 0 Å². The molecule has 0 rings (SSSR count). The van der Waals surface area contributed by atoms with Gasteiger partial charge in [0.2, 0.25) is 0 Å². The Morgan fingerprint density at radius 2 is 1.44 bits per heavy atom. The molecule has 0 bridgehead atoms. The van der Waals surface area contributed by atoms with E-state index in [1.165, 1.54) is 6.47 Å². The van der Waals surface area contributed by atoms with Gasteiger partial charge in [-0.15, -0.1) is 0 Å². The lowest BCUT2D eigenvalue weighted by Gasteiger charge is -2.29. The van der Waals surface area contributed by atoms with Crippen molar-refractivity contribution in [3.8, 4) is 0 Å². The Hall–Kier alpha value is -0.650. The summed E-state index contributed by atoms with van der Waals surface area (Å²) in [5, 5.41) is 10.5. The highest BCUT2D eigenvalue weighted by Gasteiger charge is 2.27. The molecule has 0 spiro atoms. The van der Waals surface area contributed by atoms with Gasteiger partial charge in [0, 0.05) is 12.8 Å². The van der Waals surface area contributed by atoms with E-state index < -0.39 is 11.2 Å². The Kier molecular flexibility index (Phi) is 6.81. The van der Waals surface area contributed by atoms with Crippen LogP contribution in [-0.4, -0.2) is 29.9 Å². The summed E-state index contributed by atoms with van der Waals surface area (Å²) in [6, 6.07) is 0. The number of hydrogen-bond acceptors (Lipinski definition) is 4. The molecule has 0 aromatic rings. The summed E-state index contributed by atoms with van der Waals surface area (Å²) in [5.74, 6) is 0. The monoisotopic (exact) mass is 260 g/mol. The van der Waals surface area contributed by atoms with Crippen LogP contribution in [0.15, 0.2) is 0 Å². The zero-order chi connectivity index (χ0) is 14.4. The topological polar surface area (TPSA) is 64.7 Å². The van der Waals surface area contributed by atoms with Crippen LogP contribution < -0.4 is 0 Å². The number of rotatable bonds is 9. The first kappa shape index (κ1) is 17.4. The van der Waals surface area contributed by atoms with Crippen molar-refractivity contribution >= 4 is 6.47 Å². The molecule has 106 valence electrons. The molecule has 0 aromatic carbocycles. The maximum absolute atomic E-state index is 10.5. The minimum Gasteiger partial charge on any atom is -0.451 e. The second-order valence-electron chi connectivity index (χ2n) is 5.95. The zero-order valence-corrected chi connectivity index (χ0v) is 12.1. The molecule has 0 N–H and O–H groups in total. The van der Waals surface area contributed by atoms with Gasteiger partial charge in [-0.1, -0.05) is 0 Å². The first-order valence-corrected chi connectivity index (χ1v) is 6.13. The summed E-state index contributed by atoms with van der Waals surface area (Å²) in [6.07, 6.45) is 0.860. The molecule has 0 aliphatic heterocycles. The largest absolute Gasteiger partial charge is 0.451 e. The highest BCUT2D eigenvalue weighted by molar-refractivity contribution is 5.39. The average Bonchev–Trinajstić information content (AvgIpc) is 2.14. The van der Waals surface area contributed by atoms with Gasteiger partial charge >= 0.3 is 6.47 Å². The predicted molar refractivity (Wildman–Crippen MR) is 66.0 cm³/mol. The van der Waals surface area contributed by atoms with E-state index in [1.807, 2.05) is 13.8 Å². The minimum absolute atomic E-state index is 0.0918. The molecule has 0 aliphatic rings. The Bertz CT molecular complexity index is 250. The molecule has 5 heteroatoms. The molecule has 5 nitrogen and oxygen atoms in total. The summed E-state index contributed by atoms with van der Waals surface area (Å²) in [7, 11) is 0. The SMILES string of the molecule is CC(CC(C)(C)O[O])OC(C)CC(C)(C)O[C]=O. The predicted octanol–water partition coefficient (Wildman–Crippen LogP) is 2.56. The summed E-state index contributed by atoms with van der Waals surface area (Å²) < 4.78 is 10.6. The lowest BCUT2D eigenvalue weighted by atomic mass is 9.99. The highest BCUT2D eigenvalue weighted by atomic mass is 17.1. The van der Waals surface area contributed by atoms with Crippen molar-refractivity contribution in [2.75, 3.05) is 0 Å². The van der Waals surface area contributed by atoms with E-state index in [4.69, 9.17) is 9.47 Å². The van der Waals surface area contributed by atoms with Crippen molar-refractivity contribution in [1.29, 1.82) is 0 Å². The Morgan fingerprint density at radius 1 is 1.00 bits per heavy atom. The highest BCUT2D eigenvalue weighted by Crippen LogP contribution is 2.22. The van der Waals surface area contributed by atoms with Gasteiger partial charge in [-0.05, 0) is 46.8 Å². The van der Waals surface area contributed by atoms with E-state index in [-0.39, 0.29) is 12.2 Å². The molecule has 2 radical (unpaired) electrons. The van der Waals surface area contributed by atoms with Crippen molar-refractivity contribution < 1.29 is 24.4 Å². The third-order valence-corrected chi connectivity index (χ3v) is 2.57. The van der Waals surface area contributed by atoms with Gasteiger partial charge in [-0.2, -0.15) is 4.89 Å². The van der Waals surface area contributed by atoms with Crippen LogP contribution in [0.1, 0.15) is 54.4 Å². The van der Waals surface area contributed by atoms with Crippen LogP contribution in [0.5, 0.6) is 0 Å². The van der Waals surface area contributed by atoms with Gasteiger partial charge < -0.3 is 9.47 Å². The van der Waals surface area contributed by atoms with Gasteiger partial charge in [0.05, 0.1) is 12.2 Å². The fourth-order valence-corrected chi connectivity index (χ4v) is 2.07. The van der Waals surface area contributed by atoms with E-state index >= 15 is 0 Å². The van der Waals surface area contributed by atoms with Crippen molar-refractivity contribution in [1.82, 2.24) is 0 Å². The number of carbonyl (C=O) groups excluding carboxylic acids is 1. The van der Waals surface area contributed by atoms with Crippen molar-refractivity contribution in [3.05, 3.63) is 0 Å². The third-order valence-electron chi connectivity index (χ3n) is 2.57. The van der Waals surface area contributed by atoms with Crippen molar-refractivity contribution in [2.45, 2.75) is 77.8 Å². The third kappa shape index (κ3) is 7.63. The first-order chi connectivity index (χ1) is 8.12. The van der Waals surface area contributed by atoms with Crippen molar-refractivity contribution in [3.63, 3.8) is 0 Å². The fourth-order valence-electron chi connectivity index (χ4n) is 2.07. The van der Waals surface area contributed by atoms with Crippen LogP contribution in [0.4, 0.5) is 0 Å². The second kappa shape index (κ2) is 7.07. The van der Waals surface area contributed by atoms with E-state index in [0.29, 0.717) is 12.8 Å². The van der Waals surface area contributed by atoms with Crippen molar-refractivity contribution in [2.24, 2.45) is 0 Å². The van der Waals surface area contributed by atoms with Crippen LogP contribution in [0.2, 0.25) is 0 Å². The lowest BCUT2D eigenvalue weighted by molar-refractivity contribution is -0.369. The summed E-state index contributed by atoms with van der Waals surface area (Å²) in [4.78, 5) is 14.3. The Balaban J connectivity index is 4.15. The Labute approximate surface area is 109 Å². The maximum Gasteiger partial charge on any atom is 0.418 e. The smallest absolute Gasteiger partial charge is 0.418 e. The van der Waals surface area contributed by atoms with Gasteiger partial charge in [0.1, 0.15) is 11.2 Å². The molecule has 0 aromatic heterocycles. The van der Waals surface area contributed by atoms with E-state index in [9.17, 15) is 10.1 Å². The van der Waals surface area contributed by atoms with E-state index in [1.54, 1.807) is 27.7 Å². The molecule has 0 aliphatic carbocycles. The first-order valence-electron chi connectivity index (χ1n) is 6.13. The van der Waals surface area contributed by atoms with Gasteiger partial charge in [-0.3, -0.25) is 0 Å². The van der Waals surface area contributed by atoms with Gasteiger partial charge in [-0.25, -0.2) is 4.79 Å². The van der Waals surface area contributed by atoms with Crippen LogP contribution in [0.25, 0.3) is 0 Å². The molecule has 2 atom stereocenters. The summed E-state index contributed by atoms with van der Waals surface area (Å²) in [5.41, 5.74) is -1.35. The second-order valence-corrected chi connectivity index (χ2v) is 5.95. The van der Waals surface area contributed by atoms with Crippen LogP contribution in [0.3, 0.4) is 0 Å². The van der Waals surface area contributed by atoms with Crippen LogP contribution >= 0.6 is 0 Å². The summed E-state index contributed by atoms with van der Waals surface area (Å²) >= 11 is 0. The maximum atomic E-state index is 10.5. The molecule has 0 saturated carbocycles. The summed E-state index contributed by atoms with van der Waals surface area (Å²) in [6.45, 7) is 12.3. The fraction of sp³-hybridized carbons (Fsp3) is 0.923. The minimum atomic E-state index is -0.748. The molecule has 18 heavy (non-hydrogen) atoms. The quantitative estimate of drug-likeness (QED) is 0.472. The molecular weight excluding hydrogens is 236 g/mol. The lowest BCUT2D eigenvalue weighted by Crippen LogP contribution is -2.34. The van der Waals surface area contributed by atoms with E-state index in [0.717, 1.165) is 0 Å². The van der Waals surface area contributed by atoms with Gasteiger partial charge in [0.25, 0.3) is 0 Å². The molecule has 0 fully saturated rings. The van der Waals surface area contributed by atoms with Crippen LogP contribution in [0, 0.1) is 0 Å². The number of ether oxygens (including phenoxy) is 2. The molecule has 2 unspecified atom stereocenters.